The molecular weight excluding hydrogens is 1020 g/mol. The Labute approximate surface area is 419 Å². The molecule has 21 nitrogen and oxygen atoms in total. The van der Waals surface area contributed by atoms with Gasteiger partial charge in [-0.2, -0.15) is 17.4 Å². The van der Waals surface area contributed by atoms with Crippen LogP contribution in [0.25, 0.3) is 11.5 Å². The summed E-state index contributed by atoms with van der Waals surface area (Å²) in [5.41, 5.74) is 10.0. The molecule has 2 aromatic carbocycles. The number of piperazine rings is 2. The minimum atomic E-state index is -3.64. The molecule has 0 unspecified atom stereocenters. The van der Waals surface area contributed by atoms with Crippen molar-refractivity contribution in [2.75, 3.05) is 91.5 Å². The molecule has 72 heavy (non-hydrogen) atoms. The maximum absolute atomic E-state index is 12.9. The Bertz CT molecular complexity index is 3050. The van der Waals surface area contributed by atoms with Crippen molar-refractivity contribution in [3.05, 3.63) is 119 Å². The number of ketones is 1. The van der Waals surface area contributed by atoms with E-state index in [1.54, 1.807) is 62.4 Å². The maximum Gasteiger partial charge on any atom is 0.314 e. The number of halogens is 2. The van der Waals surface area contributed by atoms with Crippen LogP contribution in [0.5, 0.6) is 0 Å². The van der Waals surface area contributed by atoms with Crippen molar-refractivity contribution in [3.63, 3.8) is 0 Å². The number of nitrogens with zero attached hydrogens (tertiary/aromatic N) is 10. The van der Waals surface area contributed by atoms with Crippen molar-refractivity contribution in [2.24, 2.45) is 5.73 Å². The van der Waals surface area contributed by atoms with Gasteiger partial charge in [0.25, 0.3) is 5.89 Å². The fraction of sp³-hybridized carbons (Fsp3) is 0.444. The first-order valence-corrected chi connectivity index (χ1v) is 29.7. The van der Waals surface area contributed by atoms with E-state index in [0.29, 0.717) is 99.3 Å². The number of carbonyl (C=O) groups excluding carboxylic acids is 1. The first-order valence-electron chi connectivity index (χ1n) is 22.8. The lowest BCUT2D eigenvalue weighted by atomic mass is 10.1. The molecule has 0 radical (unpaired) electrons. The van der Waals surface area contributed by atoms with E-state index in [-0.39, 0.29) is 42.8 Å². The van der Waals surface area contributed by atoms with Gasteiger partial charge in [-0.15, -0.1) is 10.2 Å². The van der Waals surface area contributed by atoms with E-state index in [9.17, 15) is 47.2 Å². The van der Waals surface area contributed by atoms with Crippen LogP contribution in [-0.2, 0) is 66.3 Å². The SMILES string of the molecule is CCS(=O)(=O)N(Cc1ccc(-c2nnc(C(F)F)o2)cn1)c1ccc(CN2CCN(S(C)(=O)=O)CC2)cc1.CCS(=O)(=O)N(Cc1ccc(C(=O)CN)cn1)c1ccc(CN2CCN(S(C)(=O)=O)CC2)cc1. The van der Waals surface area contributed by atoms with Crippen molar-refractivity contribution in [1.82, 2.24) is 38.6 Å². The molecule has 2 aliphatic heterocycles. The number of nitrogens with two attached hydrogens (primary N) is 1. The Balaban J connectivity index is 0.000000237. The van der Waals surface area contributed by atoms with Gasteiger partial charge in [-0.3, -0.25) is 33.2 Å². The van der Waals surface area contributed by atoms with Gasteiger partial charge in [0.05, 0.1) is 72.0 Å². The van der Waals surface area contributed by atoms with E-state index in [4.69, 9.17) is 10.2 Å². The zero-order chi connectivity index (χ0) is 52.4. The van der Waals surface area contributed by atoms with Crippen LogP contribution in [0.2, 0.25) is 0 Å². The Kier molecular flexibility index (Phi) is 18.7. The third-order valence-corrected chi connectivity index (χ3v) is 18.0. The van der Waals surface area contributed by atoms with Gasteiger partial charge in [-0.1, -0.05) is 24.3 Å². The number of carbonyl (C=O) groups is 1. The molecule has 2 aliphatic rings. The Morgan fingerprint density at radius 3 is 1.39 bits per heavy atom. The van der Waals surface area contributed by atoms with Crippen LogP contribution in [0.3, 0.4) is 0 Å². The van der Waals surface area contributed by atoms with Crippen LogP contribution in [0.1, 0.15) is 59.0 Å². The van der Waals surface area contributed by atoms with Crippen LogP contribution >= 0.6 is 0 Å². The summed E-state index contributed by atoms with van der Waals surface area (Å²) in [7, 11) is -13.6. The van der Waals surface area contributed by atoms with Gasteiger partial charge in [-0.05, 0) is 73.5 Å². The van der Waals surface area contributed by atoms with Crippen molar-refractivity contribution in [1.29, 1.82) is 0 Å². The summed E-state index contributed by atoms with van der Waals surface area (Å²) in [5.74, 6) is -1.31. The number of Topliss-reactive ketones (excluding diaryl/α,β-unsaturated/α-hetero) is 1. The van der Waals surface area contributed by atoms with E-state index in [0.717, 1.165) is 11.1 Å². The molecular formula is C45H59F2N11O10S4. The highest BCUT2D eigenvalue weighted by Crippen LogP contribution is 2.27. The number of sulfonamides is 4. The van der Waals surface area contributed by atoms with Gasteiger partial charge >= 0.3 is 6.43 Å². The molecule has 392 valence electrons. The zero-order valence-electron chi connectivity index (χ0n) is 40.3. The molecule has 5 heterocycles. The van der Waals surface area contributed by atoms with E-state index < -0.39 is 52.4 Å². The van der Waals surface area contributed by atoms with Crippen LogP contribution in [0, 0.1) is 0 Å². The monoisotopic (exact) mass is 1080 g/mol. The summed E-state index contributed by atoms with van der Waals surface area (Å²) in [5, 5.41) is 6.88. The highest BCUT2D eigenvalue weighted by atomic mass is 32.2. The van der Waals surface area contributed by atoms with E-state index in [1.807, 2.05) is 24.3 Å². The minimum absolute atomic E-state index is 0.0324. The van der Waals surface area contributed by atoms with E-state index in [1.165, 1.54) is 42.1 Å². The Morgan fingerprint density at radius 2 is 1.06 bits per heavy atom. The Hall–Kier alpha value is -5.39. The lowest BCUT2D eigenvalue weighted by Crippen LogP contribution is -2.47. The number of pyridine rings is 2. The van der Waals surface area contributed by atoms with Gasteiger partial charge in [0.1, 0.15) is 0 Å². The molecule has 3 aromatic heterocycles. The molecule has 7 rings (SSSR count). The van der Waals surface area contributed by atoms with Gasteiger partial charge < -0.3 is 10.2 Å². The minimum Gasteiger partial charge on any atom is -0.415 e. The smallest absolute Gasteiger partial charge is 0.314 e. The summed E-state index contributed by atoms with van der Waals surface area (Å²) < 4.78 is 134. The number of aromatic nitrogens is 4. The van der Waals surface area contributed by atoms with Gasteiger partial charge in [0, 0.05) is 83.4 Å². The van der Waals surface area contributed by atoms with Crippen molar-refractivity contribution >= 4 is 57.3 Å². The zero-order valence-corrected chi connectivity index (χ0v) is 43.6. The van der Waals surface area contributed by atoms with Gasteiger partial charge in [0.2, 0.25) is 46.0 Å². The summed E-state index contributed by atoms with van der Waals surface area (Å²) in [6, 6.07) is 20.8. The molecule has 0 aliphatic carbocycles. The second-order valence-electron chi connectivity index (χ2n) is 17.0. The second kappa shape index (κ2) is 24.1. The number of rotatable bonds is 20. The molecule has 0 bridgehead atoms. The molecule has 2 fully saturated rings. The number of benzene rings is 2. The third kappa shape index (κ3) is 15.1. The molecule has 0 amide bonds. The fourth-order valence-electron chi connectivity index (χ4n) is 7.68. The van der Waals surface area contributed by atoms with Crippen molar-refractivity contribution < 1.29 is 51.7 Å². The first kappa shape index (κ1) is 55.9. The highest BCUT2D eigenvalue weighted by molar-refractivity contribution is 7.93. The van der Waals surface area contributed by atoms with Crippen LogP contribution in [0.4, 0.5) is 20.2 Å². The molecule has 5 aromatic rings. The second-order valence-corrected chi connectivity index (χ2v) is 25.3. The molecule has 2 saturated heterocycles. The molecule has 0 saturated carbocycles. The molecule has 0 spiro atoms. The number of hydrogen-bond donors (Lipinski definition) is 1. The van der Waals surface area contributed by atoms with Crippen molar-refractivity contribution in [2.45, 2.75) is 46.5 Å². The maximum atomic E-state index is 12.9. The molecule has 0 atom stereocenters. The summed E-state index contributed by atoms with van der Waals surface area (Å²) in [4.78, 5) is 24.5. The Morgan fingerprint density at radius 1 is 0.625 bits per heavy atom. The summed E-state index contributed by atoms with van der Waals surface area (Å²) in [6.07, 6.45) is 2.32. The van der Waals surface area contributed by atoms with Gasteiger partial charge in [-0.25, -0.2) is 33.7 Å². The normalized spacial score (nSPS) is 15.8. The average Bonchev–Trinajstić information content (AvgIpc) is 3.87. The van der Waals surface area contributed by atoms with Crippen molar-refractivity contribution in [3.8, 4) is 11.5 Å². The summed E-state index contributed by atoms with van der Waals surface area (Å²) >= 11 is 0. The number of alkyl halides is 2. The van der Waals surface area contributed by atoms with Gasteiger partial charge in [0.15, 0.2) is 5.78 Å². The van der Waals surface area contributed by atoms with E-state index >= 15 is 0 Å². The lowest BCUT2D eigenvalue weighted by molar-refractivity contribution is 0.100. The average molecular weight is 1080 g/mol. The topological polar surface area (TPSA) is 264 Å². The standard InChI is InChI=1S/C23H28F2N6O5S2.C22H31N5O5S2/c1-3-38(34,35)31(16-19-7-6-18(14-26-19)22-27-28-23(36-22)21(24)25)20-8-4-17(5-9-20)15-29-10-12-30(13-11-29)37(2,32)33;1-3-34(31,32)27(17-20-7-6-19(15-24-20)22(28)14-23)21-8-4-18(5-9-21)16-25-10-12-26(13-11-25)33(2,29)30/h4-9,14,21H,3,10-13,15-16H2,1-2H3;4-9,15H,3,10-14,16-17,23H2,1-2H3. The van der Waals surface area contributed by atoms with Crippen LogP contribution in [-0.4, -0.2) is 161 Å². The largest absolute Gasteiger partial charge is 0.415 e. The molecule has 27 heteroatoms. The fourth-order valence-corrected chi connectivity index (χ4v) is 11.5. The quantitative estimate of drug-likeness (QED) is 0.110. The third-order valence-electron chi connectivity index (χ3n) is 11.9. The van der Waals surface area contributed by atoms with E-state index in [2.05, 4.69) is 30.0 Å². The number of anilines is 2. The molecule has 2 N–H and O–H groups in total. The van der Waals surface area contributed by atoms with Crippen LogP contribution in [0.15, 0.2) is 89.6 Å². The summed E-state index contributed by atoms with van der Waals surface area (Å²) in [6.45, 7) is 8.59. The van der Waals surface area contributed by atoms with Crippen LogP contribution < -0.4 is 14.3 Å². The predicted octanol–water partition coefficient (Wildman–Crippen LogP) is 3.16. The first-order chi connectivity index (χ1) is 34.0. The predicted molar refractivity (Wildman–Crippen MR) is 268 cm³/mol. The highest BCUT2D eigenvalue weighted by Gasteiger charge is 2.27. The number of hydrogen-bond acceptors (Lipinski definition) is 17. The lowest BCUT2D eigenvalue weighted by Gasteiger charge is -2.33.